The lowest BCUT2D eigenvalue weighted by atomic mass is 10.0. The van der Waals surface area contributed by atoms with E-state index in [2.05, 4.69) is 4.98 Å². The number of hydrogen-bond donors (Lipinski definition) is 1. The van der Waals surface area contributed by atoms with Gasteiger partial charge < -0.3 is 19.1 Å². The predicted octanol–water partition coefficient (Wildman–Crippen LogP) is 3.49. The zero-order valence-corrected chi connectivity index (χ0v) is 15.2. The van der Waals surface area contributed by atoms with Gasteiger partial charge in [-0.15, -0.1) is 0 Å². The average molecular weight is 383 g/mol. The molecule has 0 saturated carbocycles. The largest absolute Gasteiger partial charge is 0.481 e. The molecule has 2 unspecified atom stereocenters. The normalized spacial score (nSPS) is 14.9. The van der Waals surface area contributed by atoms with Crippen LogP contribution >= 0.6 is 0 Å². The zero-order chi connectivity index (χ0) is 19.8. The summed E-state index contributed by atoms with van der Waals surface area (Å²) in [6.45, 7) is 3.25. The van der Waals surface area contributed by atoms with Crippen molar-refractivity contribution >= 4 is 23.0 Å². The first-order valence-corrected chi connectivity index (χ1v) is 8.65. The first-order valence-electron chi connectivity index (χ1n) is 8.65. The van der Waals surface area contributed by atoms with Gasteiger partial charge >= 0.3 is 11.9 Å². The lowest BCUT2D eigenvalue weighted by molar-refractivity contribution is -0.194. The van der Waals surface area contributed by atoms with E-state index in [4.69, 9.17) is 18.9 Å². The summed E-state index contributed by atoms with van der Waals surface area (Å²) in [4.78, 5) is 37.4. The van der Waals surface area contributed by atoms with Gasteiger partial charge in [0, 0.05) is 18.1 Å². The molecule has 0 aliphatic carbocycles. The fourth-order valence-corrected chi connectivity index (χ4v) is 3.00. The molecule has 0 fully saturated rings. The maximum absolute atomic E-state index is 11.7. The number of carboxylic acid groups (broad SMARTS) is 1. The number of aliphatic carboxylic acids is 1. The Morgan fingerprint density at radius 3 is 2.71 bits per heavy atom. The van der Waals surface area contributed by atoms with Gasteiger partial charge in [0.25, 0.3) is 0 Å². The van der Waals surface area contributed by atoms with Crippen molar-refractivity contribution in [1.82, 2.24) is 4.98 Å². The van der Waals surface area contributed by atoms with E-state index in [-0.39, 0.29) is 5.89 Å². The van der Waals surface area contributed by atoms with E-state index in [0.717, 1.165) is 5.56 Å². The fraction of sp³-hybridized carbons (Fsp3) is 0.250. The highest BCUT2D eigenvalue weighted by Crippen LogP contribution is 2.34. The number of nitrogens with zero attached hydrogens (tertiary/aromatic N) is 1. The van der Waals surface area contributed by atoms with Gasteiger partial charge in [-0.1, -0.05) is 18.2 Å². The van der Waals surface area contributed by atoms with E-state index in [1.54, 1.807) is 37.3 Å². The van der Waals surface area contributed by atoms with Gasteiger partial charge in [0.05, 0.1) is 5.92 Å². The van der Waals surface area contributed by atoms with E-state index >= 15 is 0 Å². The summed E-state index contributed by atoms with van der Waals surface area (Å²) in [5.74, 6) is -1.37. The standard InChI is InChI=1S/C20H17NO7/c1-10(20(23)24)12-5-6-16-15(7-12)21-19(27-16)18(26-11(2)22)13-3-4-14-9-25-28-17(14)8-13/h3-8,10,18H,9H2,1-2H3,(H,23,24). The van der Waals surface area contributed by atoms with Gasteiger partial charge in [-0.3, -0.25) is 9.59 Å². The van der Waals surface area contributed by atoms with Crippen LogP contribution in [-0.4, -0.2) is 22.0 Å². The Kier molecular flexibility index (Phi) is 4.48. The van der Waals surface area contributed by atoms with Gasteiger partial charge in [-0.25, -0.2) is 4.98 Å². The minimum atomic E-state index is -0.929. The van der Waals surface area contributed by atoms with Gasteiger partial charge in [-0.05, 0) is 30.7 Å². The summed E-state index contributed by atoms with van der Waals surface area (Å²) >= 11 is 0. The maximum Gasteiger partial charge on any atom is 0.310 e. The Morgan fingerprint density at radius 2 is 1.96 bits per heavy atom. The SMILES string of the molecule is CC(=O)OC(c1ccc2c(c1)OOC2)c1nc2cc(C(C)C(=O)O)ccc2o1. The van der Waals surface area contributed by atoms with E-state index in [1.807, 2.05) is 6.07 Å². The van der Waals surface area contributed by atoms with Crippen LogP contribution in [0, 0.1) is 0 Å². The summed E-state index contributed by atoms with van der Waals surface area (Å²) in [6.07, 6.45) is -0.875. The number of rotatable bonds is 5. The molecule has 1 aliphatic rings. The van der Waals surface area contributed by atoms with Gasteiger partial charge in [-0.2, -0.15) is 4.89 Å². The van der Waals surface area contributed by atoms with Crippen LogP contribution in [0.5, 0.6) is 5.75 Å². The number of carbonyl (C=O) groups excluding carboxylic acids is 1. The third-order valence-corrected chi connectivity index (χ3v) is 4.56. The lowest BCUT2D eigenvalue weighted by Gasteiger charge is -2.14. The summed E-state index contributed by atoms with van der Waals surface area (Å²) < 4.78 is 11.2. The number of ether oxygens (including phenoxy) is 1. The van der Waals surface area contributed by atoms with Crippen LogP contribution in [0.25, 0.3) is 11.1 Å². The minimum absolute atomic E-state index is 0.184. The summed E-state index contributed by atoms with van der Waals surface area (Å²) in [7, 11) is 0. The van der Waals surface area contributed by atoms with Crippen molar-refractivity contribution in [3.05, 3.63) is 59.0 Å². The molecule has 0 saturated heterocycles. The second kappa shape index (κ2) is 6.97. The molecule has 3 aromatic rings. The molecule has 8 heteroatoms. The highest BCUT2D eigenvalue weighted by atomic mass is 17.2. The fourth-order valence-electron chi connectivity index (χ4n) is 3.00. The Hall–Kier alpha value is -3.39. The predicted molar refractivity (Wildman–Crippen MR) is 95.5 cm³/mol. The Bertz CT molecular complexity index is 1070. The topological polar surface area (TPSA) is 108 Å². The second-order valence-corrected chi connectivity index (χ2v) is 6.54. The number of hydrogen-bond acceptors (Lipinski definition) is 7. The molecule has 8 nitrogen and oxygen atoms in total. The molecule has 0 radical (unpaired) electrons. The molecule has 1 N–H and O–H groups in total. The van der Waals surface area contributed by atoms with Gasteiger partial charge in [0.15, 0.2) is 11.3 Å². The Balaban J connectivity index is 1.75. The Morgan fingerprint density at radius 1 is 1.18 bits per heavy atom. The number of carboxylic acids is 1. The summed E-state index contributed by atoms with van der Waals surface area (Å²) in [5, 5.41) is 9.20. The third-order valence-electron chi connectivity index (χ3n) is 4.56. The first-order chi connectivity index (χ1) is 13.4. The lowest BCUT2D eigenvalue weighted by Crippen LogP contribution is -2.10. The van der Waals surface area contributed by atoms with Crippen LogP contribution in [0.2, 0.25) is 0 Å². The highest BCUT2D eigenvalue weighted by molar-refractivity contribution is 5.80. The molecular weight excluding hydrogens is 366 g/mol. The van der Waals surface area contributed by atoms with Gasteiger partial charge in [0.2, 0.25) is 12.0 Å². The van der Waals surface area contributed by atoms with E-state index in [0.29, 0.717) is 34.6 Å². The van der Waals surface area contributed by atoms with Crippen molar-refractivity contribution in [3.63, 3.8) is 0 Å². The molecular formula is C20H17NO7. The second-order valence-electron chi connectivity index (χ2n) is 6.54. The number of esters is 1. The van der Waals surface area contributed by atoms with Crippen LogP contribution in [-0.2, 0) is 25.8 Å². The molecule has 1 aromatic heterocycles. The quantitative estimate of drug-likeness (QED) is 0.527. The van der Waals surface area contributed by atoms with Crippen LogP contribution in [0.3, 0.4) is 0 Å². The van der Waals surface area contributed by atoms with Crippen LogP contribution in [0.4, 0.5) is 0 Å². The van der Waals surface area contributed by atoms with Crippen molar-refractivity contribution in [3.8, 4) is 5.75 Å². The molecule has 144 valence electrons. The maximum atomic E-state index is 11.7. The molecule has 2 atom stereocenters. The smallest absolute Gasteiger partial charge is 0.310 e. The molecule has 1 aliphatic heterocycles. The number of aromatic nitrogens is 1. The van der Waals surface area contributed by atoms with Crippen LogP contribution in [0.15, 0.2) is 40.8 Å². The Labute approximate surface area is 159 Å². The summed E-state index contributed by atoms with van der Waals surface area (Å²) in [5.41, 5.74) is 3.06. The highest BCUT2D eigenvalue weighted by Gasteiger charge is 2.26. The number of benzene rings is 2. The number of carbonyl (C=O) groups is 2. The number of oxazole rings is 1. The first kappa shape index (κ1) is 18.0. The van der Waals surface area contributed by atoms with E-state index in [1.165, 1.54) is 6.92 Å². The molecule has 0 spiro atoms. The molecule has 2 aromatic carbocycles. The van der Waals surface area contributed by atoms with Crippen molar-refractivity contribution in [2.45, 2.75) is 32.5 Å². The number of fused-ring (bicyclic) bond motifs is 2. The summed E-state index contributed by atoms with van der Waals surface area (Å²) in [6, 6.07) is 10.3. The van der Waals surface area contributed by atoms with Crippen LogP contribution < -0.4 is 4.89 Å². The monoisotopic (exact) mass is 383 g/mol. The van der Waals surface area contributed by atoms with E-state index in [9.17, 15) is 14.7 Å². The van der Waals surface area contributed by atoms with Crippen molar-refractivity contribution in [2.24, 2.45) is 0 Å². The van der Waals surface area contributed by atoms with Gasteiger partial charge in [0.1, 0.15) is 12.1 Å². The molecule has 0 amide bonds. The van der Waals surface area contributed by atoms with Crippen molar-refractivity contribution in [1.29, 1.82) is 0 Å². The van der Waals surface area contributed by atoms with Crippen molar-refractivity contribution in [2.75, 3.05) is 0 Å². The minimum Gasteiger partial charge on any atom is -0.481 e. The molecule has 28 heavy (non-hydrogen) atoms. The molecule has 2 heterocycles. The average Bonchev–Trinajstić information content (AvgIpc) is 3.30. The molecule has 4 rings (SSSR count). The third kappa shape index (κ3) is 3.29. The molecule has 0 bridgehead atoms. The van der Waals surface area contributed by atoms with Crippen molar-refractivity contribution < 1.29 is 33.6 Å². The zero-order valence-electron chi connectivity index (χ0n) is 15.2. The van der Waals surface area contributed by atoms with E-state index < -0.39 is 24.0 Å². The van der Waals surface area contributed by atoms with Crippen LogP contribution in [0.1, 0.15) is 48.5 Å².